The molecule has 0 fully saturated rings. The Hall–Kier alpha value is -3.42. The molecule has 0 aliphatic heterocycles. The summed E-state index contributed by atoms with van der Waals surface area (Å²) >= 11 is 0. The second kappa shape index (κ2) is 7.64. The van der Waals surface area contributed by atoms with E-state index in [9.17, 15) is 4.79 Å². The zero-order chi connectivity index (χ0) is 18.5. The van der Waals surface area contributed by atoms with Crippen LogP contribution < -0.4 is 20.1 Å². The van der Waals surface area contributed by atoms with E-state index in [0.29, 0.717) is 35.0 Å². The number of nitrogens with zero attached hydrogens (tertiary/aromatic N) is 3. The van der Waals surface area contributed by atoms with Crippen molar-refractivity contribution < 1.29 is 14.3 Å². The number of carbonyl (C=O) groups excluding carboxylic acids is 1. The van der Waals surface area contributed by atoms with Crippen LogP contribution >= 0.6 is 0 Å². The van der Waals surface area contributed by atoms with E-state index in [0.717, 1.165) is 11.3 Å². The van der Waals surface area contributed by atoms with Crippen LogP contribution in [0.25, 0.3) is 22.4 Å². The number of carbonyl (C=O) groups is 1. The maximum atomic E-state index is 11.6. The van der Waals surface area contributed by atoms with Crippen LogP contribution in [0.2, 0.25) is 0 Å². The number of hydrogen-bond donors (Lipinski definition) is 2. The first-order chi connectivity index (χ1) is 12.6. The van der Waals surface area contributed by atoms with Crippen molar-refractivity contribution in [2.75, 3.05) is 26.1 Å². The third kappa shape index (κ3) is 3.64. The number of nitrogens with one attached hydrogen (secondary N) is 2. The molecule has 3 aromatic rings. The van der Waals surface area contributed by atoms with Crippen LogP contribution in [0.5, 0.6) is 11.5 Å². The Labute approximate surface area is 150 Å². The highest BCUT2D eigenvalue weighted by molar-refractivity contribution is 5.89. The number of fused-ring (bicyclic) bond motifs is 1. The summed E-state index contributed by atoms with van der Waals surface area (Å²) in [7, 11) is 3.18. The summed E-state index contributed by atoms with van der Waals surface area (Å²) in [5, 5.41) is 5.26. The smallest absolute Gasteiger partial charge is 0.320 e. The minimum Gasteiger partial charge on any atom is -0.493 e. The zero-order valence-electron chi connectivity index (χ0n) is 14.7. The van der Waals surface area contributed by atoms with Gasteiger partial charge in [-0.05, 0) is 37.3 Å². The van der Waals surface area contributed by atoms with E-state index in [1.165, 1.54) is 6.20 Å². The van der Waals surface area contributed by atoms with Crippen LogP contribution in [0.1, 0.15) is 6.92 Å². The minimum atomic E-state index is -0.323. The van der Waals surface area contributed by atoms with Gasteiger partial charge in [0.1, 0.15) is 5.52 Å². The molecule has 3 rings (SSSR count). The van der Waals surface area contributed by atoms with E-state index >= 15 is 0 Å². The topological polar surface area (TPSA) is 98.3 Å². The first-order valence-electron chi connectivity index (χ1n) is 8.05. The van der Waals surface area contributed by atoms with Crippen molar-refractivity contribution in [2.45, 2.75) is 6.92 Å². The molecule has 2 amide bonds. The van der Waals surface area contributed by atoms with Gasteiger partial charge in [0.15, 0.2) is 23.0 Å². The van der Waals surface area contributed by atoms with Gasteiger partial charge in [-0.25, -0.2) is 19.7 Å². The summed E-state index contributed by atoms with van der Waals surface area (Å²) in [6, 6.07) is 8.90. The van der Waals surface area contributed by atoms with Gasteiger partial charge in [-0.3, -0.25) is 5.32 Å². The van der Waals surface area contributed by atoms with Gasteiger partial charge in [-0.15, -0.1) is 0 Å². The minimum absolute atomic E-state index is 0.323. The lowest BCUT2D eigenvalue weighted by Crippen LogP contribution is -2.28. The summed E-state index contributed by atoms with van der Waals surface area (Å²) in [5.74, 6) is 1.64. The molecule has 0 saturated heterocycles. The van der Waals surface area contributed by atoms with E-state index in [1.807, 2.05) is 37.3 Å². The Morgan fingerprint density at radius 1 is 1.08 bits per heavy atom. The average molecular weight is 353 g/mol. The number of urea groups is 1. The molecule has 0 aliphatic carbocycles. The van der Waals surface area contributed by atoms with Gasteiger partial charge in [0.25, 0.3) is 0 Å². The molecule has 1 aromatic carbocycles. The van der Waals surface area contributed by atoms with Crippen LogP contribution in [-0.4, -0.2) is 41.7 Å². The summed E-state index contributed by atoms with van der Waals surface area (Å²) in [5.41, 5.74) is 2.68. The second-order valence-corrected chi connectivity index (χ2v) is 5.35. The molecule has 0 unspecified atom stereocenters. The van der Waals surface area contributed by atoms with Gasteiger partial charge in [-0.1, -0.05) is 0 Å². The quantitative estimate of drug-likeness (QED) is 0.732. The molecule has 0 bridgehead atoms. The molecular formula is C18H19N5O3. The average Bonchev–Trinajstić information content (AvgIpc) is 2.67. The molecule has 2 N–H and O–H groups in total. The molecule has 134 valence electrons. The first-order valence-corrected chi connectivity index (χ1v) is 8.05. The van der Waals surface area contributed by atoms with E-state index in [4.69, 9.17) is 9.47 Å². The molecule has 8 heteroatoms. The van der Waals surface area contributed by atoms with Crippen LogP contribution in [0.15, 0.2) is 36.5 Å². The van der Waals surface area contributed by atoms with E-state index in [2.05, 4.69) is 25.6 Å². The van der Waals surface area contributed by atoms with Gasteiger partial charge >= 0.3 is 6.03 Å². The number of methoxy groups -OCH3 is 2. The van der Waals surface area contributed by atoms with Crippen molar-refractivity contribution in [2.24, 2.45) is 0 Å². The van der Waals surface area contributed by atoms with E-state index in [1.54, 1.807) is 14.2 Å². The van der Waals surface area contributed by atoms with E-state index in [-0.39, 0.29) is 6.03 Å². The molecule has 2 heterocycles. The molecule has 26 heavy (non-hydrogen) atoms. The number of rotatable bonds is 5. The maximum Gasteiger partial charge on any atom is 0.320 e. The van der Waals surface area contributed by atoms with Crippen LogP contribution in [0.4, 0.5) is 10.6 Å². The summed E-state index contributed by atoms with van der Waals surface area (Å²) in [4.78, 5) is 24.7. The van der Waals surface area contributed by atoms with Crippen molar-refractivity contribution in [3.05, 3.63) is 36.5 Å². The molecule has 0 saturated carbocycles. The number of hydrogen-bond acceptors (Lipinski definition) is 6. The fraction of sp³-hybridized carbons (Fsp3) is 0.222. The van der Waals surface area contributed by atoms with Gasteiger partial charge in [-0.2, -0.15) is 0 Å². The highest BCUT2D eigenvalue weighted by Crippen LogP contribution is 2.31. The molecular weight excluding hydrogens is 334 g/mol. The van der Waals surface area contributed by atoms with E-state index < -0.39 is 0 Å². The highest BCUT2D eigenvalue weighted by Gasteiger charge is 2.10. The predicted molar refractivity (Wildman–Crippen MR) is 98.6 cm³/mol. The fourth-order valence-electron chi connectivity index (χ4n) is 2.44. The standard InChI is InChI=1S/C18H19N5O3/c1-4-19-18(24)23-16-10-20-17-13(21-16)7-6-12(22-17)11-5-8-14(25-2)15(9-11)26-3/h5-10H,4H2,1-3H3,(H2,19,21,23,24). The first kappa shape index (κ1) is 17.4. The number of anilines is 1. The van der Waals surface area contributed by atoms with Gasteiger partial charge in [0.2, 0.25) is 0 Å². The number of amides is 2. The largest absolute Gasteiger partial charge is 0.493 e. The Morgan fingerprint density at radius 3 is 2.62 bits per heavy atom. The number of aromatic nitrogens is 3. The Bertz CT molecular complexity index is 945. The fourth-order valence-corrected chi connectivity index (χ4v) is 2.44. The predicted octanol–water partition coefficient (Wildman–Crippen LogP) is 2.85. The lowest BCUT2D eigenvalue weighted by molar-refractivity contribution is 0.252. The van der Waals surface area contributed by atoms with Gasteiger partial charge in [0, 0.05) is 12.1 Å². The lowest BCUT2D eigenvalue weighted by Gasteiger charge is -2.10. The van der Waals surface area contributed by atoms with Crippen molar-refractivity contribution in [3.8, 4) is 22.8 Å². The second-order valence-electron chi connectivity index (χ2n) is 5.35. The Morgan fingerprint density at radius 2 is 1.88 bits per heavy atom. The summed E-state index contributed by atoms with van der Waals surface area (Å²) in [6.07, 6.45) is 1.48. The highest BCUT2D eigenvalue weighted by atomic mass is 16.5. The monoisotopic (exact) mass is 353 g/mol. The van der Waals surface area contributed by atoms with Crippen molar-refractivity contribution in [1.82, 2.24) is 20.3 Å². The molecule has 2 aromatic heterocycles. The van der Waals surface area contributed by atoms with Crippen molar-refractivity contribution >= 4 is 23.0 Å². The molecule has 0 spiro atoms. The zero-order valence-corrected chi connectivity index (χ0v) is 14.7. The molecule has 8 nitrogen and oxygen atoms in total. The normalized spacial score (nSPS) is 10.4. The third-order valence-electron chi connectivity index (χ3n) is 3.66. The van der Waals surface area contributed by atoms with Crippen LogP contribution in [0.3, 0.4) is 0 Å². The molecule has 0 radical (unpaired) electrons. The Kier molecular flexibility index (Phi) is 5.12. The van der Waals surface area contributed by atoms with Gasteiger partial charge < -0.3 is 14.8 Å². The number of pyridine rings is 1. The molecule has 0 aliphatic rings. The van der Waals surface area contributed by atoms with Crippen LogP contribution in [0, 0.1) is 0 Å². The van der Waals surface area contributed by atoms with Crippen molar-refractivity contribution in [1.29, 1.82) is 0 Å². The SMILES string of the molecule is CCNC(=O)Nc1cnc2nc(-c3ccc(OC)c(OC)c3)ccc2n1. The summed E-state index contributed by atoms with van der Waals surface area (Å²) < 4.78 is 10.6. The molecule has 0 atom stereocenters. The third-order valence-corrected chi connectivity index (χ3v) is 3.66. The lowest BCUT2D eigenvalue weighted by atomic mass is 10.1. The number of ether oxygens (including phenoxy) is 2. The summed E-state index contributed by atoms with van der Waals surface area (Å²) in [6.45, 7) is 2.37. The van der Waals surface area contributed by atoms with Crippen molar-refractivity contribution in [3.63, 3.8) is 0 Å². The Balaban J connectivity index is 1.91. The maximum absolute atomic E-state index is 11.6. The van der Waals surface area contributed by atoms with Crippen LogP contribution in [-0.2, 0) is 0 Å². The number of benzene rings is 1. The van der Waals surface area contributed by atoms with Gasteiger partial charge in [0.05, 0.1) is 26.1 Å².